The molecule has 0 heterocycles. The van der Waals surface area contributed by atoms with Crippen molar-refractivity contribution in [3.63, 3.8) is 0 Å². The van der Waals surface area contributed by atoms with Crippen molar-refractivity contribution in [2.45, 2.75) is 12.8 Å². The molecule has 16 heavy (non-hydrogen) atoms. The van der Waals surface area contributed by atoms with E-state index in [1.54, 1.807) is 0 Å². The maximum Gasteiger partial charge on any atom is 0.152 e. The Hall–Kier alpha value is -0.230. The molecule has 0 spiro atoms. The van der Waals surface area contributed by atoms with E-state index in [0.29, 0.717) is 5.75 Å². The van der Waals surface area contributed by atoms with E-state index in [4.69, 9.17) is 4.55 Å². The highest BCUT2D eigenvalue weighted by molar-refractivity contribution is 9.10. The van der Waals surface area contributed by atoms with Crippen LogP contribution in [0.4, 0.5) is 0 Å². The lowest BCUT2D eigenvalue weighted by molar-refractivity contribution is 0.558. The fourth-order valence-corrected chi connectivity index (χ4v) is 1.99. The van der Waals surface area contributed by atoms with Gasteiger partial charge < -0.3 is 9.87 Å². The highest BCUT2D eigenvalue weighted by Gasteiger charge is 1.95. The Bertz CT molecular complexity index is 329. The Morgan fingerprint density at radius 1 is 1.25 bits per heavy atom. The van der Waals surface area contributed by atoms with Crippen molar-refractivity contribution in [3.05, 3.63) is 34.3 Å². The number of hydrogen-bond acceptors (Lipinski definition) is 2. The first-order valence-corrected chi connectivity index (χ1v) is 7.28. The standard InChI is InChI=1S/C11H16BrNO2S/c12-11-4-2-10(3-5-11)6-8-13-7-1-9-16(14)15/h2-5,13H,1,6-9H2,(H,14,15). The van der Waals surface area contributed by atoms with E-state index in [0.717, 1.165) is 30.4 Å². The molecular weight excluding hydrogens is 290 g/mol. The lowest BCUT2D eigenvalue weighted by atomic mass is 10.1. The minimum atomic E-state index is -1.65. The summed E-state index contributed by atoms with van der Waals surface area (Å²) >= 11 is 1.74. The largest absolute Gasteiger partial charge is 0.316 e. The van der Waals surface area contributed by atoms with Gasteiger partial charge in [0.1, 0.15) is 0 Å². The van der Waals surface area contributed by atoms with Gasteiger partial charge in [0.05, 0.1) is 5.75 Å². The third-order valence-corrected chi connectivity index (χ3v) is 3.34. The van der Waals surface area contributed by atoms with Crippen LogP contribution in [0.5, 0.6) is 0 Å². The third-order valence-electron chi connectivity index (χ3n) is 2.18. The van der Waals surface area contributed by atoms with Gasteiger partial charge in [-0.25, -0.2) is 4.21 Å². The van der Waals surface area contributed by atoms with Crippen LogP contribution in [0.25, 0.3) is 0 Å². The Labute approximate surface area is 107 Å². The molecule has 0 aromatic heterocycles. The summed E-state index contributed by atoms with van der Waals surface area (Å²) < 4.78 is 20.0. The summed E-state index contributed by atoms with van der Waals surface area (Å²) in [6.45, 7) is 1.70. The van der Waals surface area contributed by atoms with Gasteiger partial charge in [0.25, 0.3) is 0 Å². The summed E-state index contributed by atoms with van der Waals surface area (Å²) in [4.78, 5) is 0. The molecule has 2 N–H and O–H groups in total. The second kappa shape index (κ2) is 7.95. The lowest BCUT2D eigenvalue weighted by Gasteiger charge is -2.04. The topological polar surface area (TPSA) is 49.3 Å². The second-order valence-electron chi connectivity index (χ2n) is 3.51. The Morgan fingerprint density at radius 2 is 1.94 bits per heavy atom. The van der Waals surface area contributed by atoms with Crippen molar-refractivity contribution in [1.82, 2.24) is 5.32 Å². The molecule has 0 amide bonds. The van der Waals surface area contributed by atoms with Gasteiger partial charge in [-0.1, -0.05) is 28.1 Å². The number of hydrogen-bond donors (Lipinski definition) is 2. The van der Waals surface area contributed by atoms with Gasteiger partial charge in [-0.05, 0) is 43.6 Å². The number of nitrogens with one attached hydrogen (secondary N) is 1. The summed E-state index contributed by atoms with van der Waals surface area (Å²) in [6.07, 6.45) is 1.72. The average molecular weight is 306 g/mol. The summed E-state index contributed by atoms with van der Waals surface area (Å²) in [7, 11) is 0. The van der Waals surface area contributed by atoms with Crippen LogP contribution in [0.3, 0.4) is 0 Å². The van der Waals surface area contributed by atoms with Crippen molar-refractivity contribution in [3.8, 4) is 0 Å². The molecule has 0 aliphatic heterocycles. The van der Waals surface area contributed by atoms with Crippen molar-refractivity contribution in [1.29, 1.82) is 0 Å². The molecule has 0 radical (unpaired) electrons. The van der Waals surface area contributed by atoms with E-state index >= 15 is 0 Å². The predicted octanol–water partition coefficient (Wildman–Crippen LogP) is 2.19. The molecule has 1 unspecified atom stereocenters. The second-order valence-corrected chi connectivity index (χ2v) is 5.47. The molecule has 3 nitrogen and oxygen atoms in total. The summed E-state index contributed by atoms with van der Waals surface area (Å²) in [5.74, 6) is 0.352. The van der Waals surface area contributed by atoms with Gasteiger partial charge in [-0.2, -0.15) is 0 Å². The summed E-state index contributed by atoms with van der Waals surface area (Å²) in [6, 6.07) is 8.25. The minimum absolute atomic E-state index is 0.352. The highest BCUT2D eigenvalue weighted by atomic mass is 79.9. The van der Waals surface area contributed by atoms with Crippen molar-refractivity contribution < 1.29 is 8.76 Å². The van der Waals surface area contributed by atoms with Crippen LogP contribution in [0.15, 0.2) is 28.7 Å². The van der Waals surface area contributed by atoms with Gasteiger partial charge in [-0.15, -0.1) is 0 Å². The number of rotatable bonds is 7. The molecule has 0 fully saturated rings. The first-order chi connectivity index (χ1) is 7.68. The summed E-state index contributed by atoms with van der Waals surface area (Å²) in [5.41, 5.74) is 1.29. The van der Waals surface area contributed by atoms with Crippen molar-refractivity contribution in [2.24, 2.45) is 0 Å². The molecule has 1 aromatic carbocycles. The van der Waals surface area contributed by atoms with E-state index in [1.807, 2.05) is 12.1 Å². The maximum absolute atomic E-state index is 10.4. The number of halogens is 1. The lowest BCUT2D eigenvalue weighted by Crippen LogP contribution is -2.19. The van der Waals surface area contributed by atoms with Gasteiger partial charge in [0, 0.05) is 4.47 Å². The van der Waals surface area contributed by atoms with Crippen LogP contribution in [-0.4, -0.2) is 27.6 Å². The molecule has 0 aliphatic carbocycles. The number of benzene rings is 1. The Kier molecular flexibility index (Phi) is 6.87. The van der Waals surface area contributed by atoms with Crippen molar-refractivity contribution in [2.75, 3.05) is 18.8 Å². The van der Waals surface area contributed by atoms with Crippen LogP contribution in [0, 0.1) is 0 Å². The fraction of sp³-hybridized carbons (Fsp3) is 0.455. The average Bonchev–Trinajstić information content (AvgIpc) is 2.25. The summed E-state index contributed by atoms with van der Waals surface area (Å²) in [5, 5.41) is 3.25. The van der Waals surface area contributed by atoms with Crippen LogP contribution in [-0.2, 0) is 17.5 Å². The molecule has 1 atom stereocenters. The quantitative estimate of drug-likeness (QED) is 0.600. The third kappa shape index (κ3) is 6.37. The smallest absolute Gasteiger partial charge is 0.152 e. The molecule has 0 aliphatic rings. The van der Waals surface area contributed by atoms with Gasteiger partial charge in [0.2, 0.25) is 0 Å². The van der Waals surface area contributed by atoms with Crippen molar-refractivity contribution >= 4 is 27.0 Å². The monoisotopic (exact) mass is 305 g/mol. The van der Waals surface area contributed by atoms with Crippen LogP contribution >= 0.6 is 15.9 Å². The molecule has 90 valence electrons. The zero-order valence-corrected chi connectivity index (χ0v) is 11.4. The SMILES string of the molecule is O=S(O)CCCNCCc1ccc(Br)cc1. The van der Waals surface area contributed by atoms with E-state index < -0.39 is 11.1 Å². The van der Waals surface area contributed by atoms with Crippen LogP contribution in [0.1, 0.15) is 12.0 Å². The molecule has 0 bridgehead atoms. The molecule has 1 rings (SSSR count). The van der Waals surface area contributed by atoms with Gasteiger partial charge in [-0.3, -0.25) is 0 Å². The van der Waals surface area contributed by atoms with E-state index in [9.17, 15) is 4.21 Å². The van der Waals surface area contributed by atoms with E-state index in [-0.39, 0.29) is 0 Å². The van der Waals surface area contributed by atoms with E-state index in [2.05, 4.69) is 33.4 Å². The van der Waals surface area contributed by atoms with Crippen LogP contribution in [0.2, 0.25) is 0 Å². The molecule has 0 saturated carbocycles. The highest BCUT2D eigenvalue weighted by Crippen LogP contribution is 2.10. The fourth-order valence-electron chi connectivity index (χ4n) is 1.33. The first kappa shape index (κ1) is 13.8. The Balaban J connectivity index is 2.07. The normalized spacial score (nSPS) is 12.6. The molecule has 1 aromatic rings. The van der Waals surface area contributed by atoms with Gasteiger partial charge in [0.15, 0.2) is 11.1 Å². The predicted molar refractivity (Wildman–Crippen MR) is 71.0 cm³/mol. The minimum Gasteiger partial charge on any atom is -0.316 e. The van der Waals surface area contributed by atoms with Crippen LogP contribution < -0.4 is 5.32 Å². The maximum atomic E-state index is 10.4. The van der Waals surface area contributed by atoms with E-state index in [1.165, 1.54) is 5.56 Å². The molecular formula is C11H16BrNO2S. The zero-order valence-electron chi connectivity index (χ0n) is 8.99. The Morgan fingerprint density at radius 3 is 2.56 bits per heavy atom. The molecule has 0 saturated heterocycles. The van der Waals surface area contributed by atoms with Gasteiger partial charge >= 0.3 is 0 Å². The first-order valence-electron chi connectivity index (χ1n) is 5.21. The molecule has 5 heteroatoms. The zero-order chi connectivity index (χ0) is 11.8.